The maximum atomic E-state index is 12.3. The molecule has 1 unspecified atom stereocenters. The summed E-state index contributed by atoms with van der Waals surface area (Å²) in [5, 5.41) is 3.42. The Morgan fingerprint density at radius 1 is 1.39 bits per heavy atom. The number of primary amides is 1. The van der Waals surface area contributed by atoms with E-state index in [2.05, 4.69) is 5.32 Å². The lowest BCUT2D eigenvalue weighted by Gasteiger charge is -2.34. The zero-order chi connectivity index (χ0) is 13.1. The van der Waals surface area contributed by atoms with Gasteiger partial charge in [0.05, 0.1) is 10.6 Å². The number of halogens is 1. The minimum atomic E-state index is -0.623. The molecule has 0 radical (unpaired) electrons. The van der Waals surface area contributed by atoms with Crippen LogP contribution < -0.4 is 11.1 Å². The van der Waals surface area contributed by atoms with Crippen LogP contribution in [0, 0.1) is 0 Å². The van der Waals surface area contributed by atoms with Gasteiger partial charge in [0, 0.05) is 19.6 Å². The van der Waals surface area contributed by atoms with E-state index >= 15 is 0 Å². The van der Waals surface area contributed by atoms with Crippen LogP contribution in [0.1, 0.15) is 10.4 Å². The van der Waals surface area contributed by atoms with E-state index in [4.69, 9.17) is 17.3 Å². The highest BCUT2D eigenvalue weighted by Crippen LogP contribution is 2.18. The number of piperazine rings is 1. The summed E-state index contributed by atoms with van der Waals surface area (Å²) >= 11 is 5.99. The standard InChI is InChI=1S/C12H14ClN3O2/c13-9-4-2-1-3-8(9)12(18)16-6-5-15-7-10(16)11(14)17/h1-4,10,15H,5-7H2,(H2,14,17). The summed E-state index contributed by atoms with van der Waals surface area (Å²) in [4.78, 5) is 25.2. The zero-order valence-corrected chi connectivity index (χ0v) is 10.5. The highest BCUT2D eigenvalue weighted by molar-refractivity contribution is 6.33. The van der Waals surface area contributed by atoms with Crippen LogP contribution in [-0.4, -0.2) is 42.4 Å². The van der Waals surface area contributed by atoms with Gasteiger partial charge in [0.1, 0.15) is 6.04 Å². The molecule has 0 aliphatic carbocycles. The molecule has 1 heterocycles. The predicted molar refractivity (Wildman–Crippen MR) is 68.3 cm³/mol. The lowest BCUT2D eigenvalue weighted by Crippen LogP contribution is -2.58. The zero-order valence-electron chi connectivity index (χ0n) is 9.73. The van der Waals surface area contributed by atoms with E-state index < -0.39 is 11.9 Å². The number of nitrogens with one attached hydrogen (secondary N) is 1. The second-order valence-electron chi connectivity index (χ2n) is 4.10. The molecule has 1 aliphatic heterocycles. The number of carbonyl (C=O) groups excluding carboxylic acids is 2. The largest absolute Gasteiger partial charge is 0.368 e. The number of nitrogens with zero attached hydrogens (tertiary/aromatic N) is 1. The second kappa shape index (κ2) is 5.37. The summed E-state index contributed by atoms with van der Waals surface area (Å²) in [6.45, 7) is 1.46. The van der Waals surface area contributed by atoms with Crippen LogP contribution in [0.15, 0.2) is 24.3 Å². The van der Waals surface area contributed by atoms with Gasteiger partial charge in [-0.15, -0.1) is 0 Å². The van der Waals surface area contributed by atoms with Crippen LogP contribution in [0.4, 0.5) is 0 Å². The fourth-order valence-electron chi connectivity index (χ4n) is 1.99. The summed E-state index contributed by atoms with van der Waals surface area (Å²) in [6, 6.07) is 6.16. The molecule has 6 heteroatoms. The molecule has 1 saturated heterocycles. The summed E-state index contributed by atoms with van der Waals surface area (Å²) in [5.74, 6) is -0.770. The first-order valence-electron chi connectivity index (χ1n) is 5.67. The molecule has 1 aromatic carbocycles. The highest BCUT2D eigenvalue weighted by Gasteiger charge is 2.31. The molecule has 1 atom stereocenters. The molecular formula is C12H14ClN3O2. The van der Waals surface area contributed by atoms with Crippen molar-refractivity contribution in [2.45, 2.75) is 6.04 Å². The average Bonchev–Trinajstić information content (AvgIpc) is 2.38. The van der Waals surface area contributed by atoms with Gasteiger partial charge in [-0.05, 0) is 12.1 Å². The van der Waals surface area contributed by atoms with Crippen molar-refractivity contribution in [2.24, 2.45) is 5.73 Å². The normalized spacial score (nSPS) is 19.6. The van der Waals surface area contributed by atoms with Gasteiger partial charge in [-0.3, -0.25) is 9.59 Å². The molecular weight excluding hydrogens is 254 g/mol. The lowest BCUT2D eigenvalue weighted by atomic mass is 10.1. The van der Waals surface area contributed by atoms with Crippen molar-refractivity contribution in [1.29, 1.82) is 0 Å². The average molecular weight is 268 g/mol. The number of carbonyl (C=O) groups is 2. The Morgan fingerprint density at radius 2 is 2.11 bits per heavy atom. The molecule has 1 aromatic rings. The molecule has 0 spiro atoms. The molecule has 1 fully saturated rings. The summed E-state index contributed by atoms with van der Waals surface area (Å²) in [7, 11) is 0. The highest BCUT2D eigenvalue weighted by atomic mass is 35.5. The van der Waals surface area contributed by atoms with Crippen LogP contribution in [0.5, 0.6) is 0 Å². The van der Waals surface area contributed by atoms with Crippen LogP contribution >= 0.6 is 11.6 Å². The molecule has 3 N–H and O–H groups in total. The van der Waals surface area contributed by atoms with E-state index in [1.807, 2.05) is 0 Å². The minimum Gasteiger partial charge on any atom is -0.368 e. The maximum Gasteiger partial charge on any atom is 0.256 e. The fraction of sp³-hybridized carbons (Fsp3) is 0.333. The second-order valence-corrected chi connectivity index (χ2v) is 4.51. The van der Waals surface area contributed by atoms with Crippen molar-refractivity contribution in [3.05, 3.63) is 34.9 Å². The maximum absolute atomic E-state index is 12.3. The third-order valence-corrected chi connectivity index (χ3v) is 3.27. The van der Waals surface area contributed by atoms with E-state index in [0.717, 1.165) is 0 Å². The lowest BCUT2D eigenvalue weighted by molar-refractivity contribution is -0.122. The summed E-state index contributed by atoms with van der Waals surface area (Å²) in [6.07, 6.45) is 0. The molecule has 2 amide bonds. The Labute approximate surface area is 110 Å². The van der Waals surface area contributed by atoms with Crippen LogP contribution in [0.3, 0.4) is 0 Å². The Kier molecular flexibility index (Phi) is 3.84. The predicted octanol–water partition coefficient (Wildman–Crippen LogP) is 0.239. The Morgan fingerprint density at radius 3 is 2.78 bits per heavy atom. The summed E-state index contributed by atoms with van der Waals surface area (Å²) in [5.41, 5.74) is 5.70. The number of nitrogens with two attached hydrogens (primary N) is 1. The van der Waals surface area contributed by atoms with Crippen molar-refractivity contribution in [1.82, 2.24) is 10.2 Å². The fourth-order valence-corrected chi connectivity index (χ4v) is 2.21. The Bertz CT molecular complexity index is 478. The molecule has 96 valence electrons. The van der Waals surface area contributed by atoms with Gasteiger partial charge < -0.3 is 16.0 Å². The molecule has 0 bridgehead atoms. The molecule has 1 aliphatic rings. The SMILES string of the molecule is NC(=O)C1CNCCN1C(=O)c1ccccc1Cl. The van der Waals surface area contributed by atoms with E-state index in [-0.39, 0.29) is 5.91 Å². The monoisotopic (exact) mass is 267 g/mol. The molecule has 0 aromatic heterocycles. The molecule has 5 nitrogen and oxygen atoms in total. The van der Waals surface area contributed by atoms with E-state index in [0.29, 0.717) is 30.2 Å². The van der Waals surface area contributed by atoms with Crippen LogP contribution in [0.25, 0.3) is 0 Å². The number of rotatable bonds is 2. The number of hydrogen-bond acceptors (Lipinski definition) is 3. The Hall–Kier alpha value is -1.59. The van der Waals surface area contributed by atoms with Crippen LogP contribution in [0.2, 0.25) is 5.02 Å². The first-order chi connectivity index (χ1) is 8.61. The number of amides is 2. The van der Waals surface area contributed by atoms with Crippen LogP contribution in [-0.2, 0) is 4.79 Å². The van der Waals surface area contributed by atoms with Crippen molar-refractivity contribution in [3.63, 3.8) is 0 Å². The summed E-state index contributed by atoms with van der Waals surface area (Å²) < 4.78 is 0. The minimum absolute atomic E-state index is 0.258. The van der Waals surface area contributed by atoms with E-state index in [9.17, 15) is 9.59 Å². The van der Waals surface area contributed by atoms with Crippen molar-refractivity contribution in [2.75, 3.05) is 19.6 Å². The van der Waals surface area contributed by atoms with Crippen molar-refractivity contribution in [3.8, 4) is 0 Å². The quantitative estimate of drug-likeness (QED) is 0.806. The van der Waals surface area contributed by atoms with Gasteiger partial charge in [0.25, 0.3) is 5.91 Å². The topological polar surface area (TPSA) is 75.4 Å². The Balaban J connectivity index is 2.27. The third kappa shape index (κ3) is 2.47. The van der Waals surface area contributed by atoms with Crippen molar-refractivity contribution >= 4 is 23.4 Å². The van der Waals surface area contributed by atoms with E-state index in [1.165, 1.54) is 4.90 Å². The van der Waals surface area contributed by atoms with Crippen molar-refractivity contribution < 1.29 is 9.59 Å². The first-order valence-corrected chi connectivity index (χ1v) is 6.04. The molecule has 2 rings (SSSR count). The van der Waals surface area contributed by atoms with Gasteiger partial charge in [-0.25, -0.2) is 0 Å². The smallest absolute Gasteiger partial charge is 0.256 e. The van der Waals surface area contributed by atoms with E-state index in [1.54, 1.807) is 24.3 Å². The van der Waals surface area contributed by atoms with Gasteiger partial charge in [0.2, 0.25) is 5.91 Å². The first kappa shape index (κ1) is 12.9. The number of benzene rings is 1. The third-order valence-electron chi connectivity index (χ3n) is 2.94. The number of hydrogen-bond donors (Lipinski definition) is 2. The van der Waals surface area contributed by atoms with Gasteiger partial charge in [0.15, 0.2) is 0 Å². The van der Waals surface area contributed by atoms with Gasteiger partial charge >= 0.3 is 0 Å². The van der Waals surface area contributed by atoms with Gasteiger partial charge in [-0.2, -0.15) is 0 Å². The van der Waals surface area contributed by atoms with Gasteiger partial charge in [-0.1, -0.05) is 23.7 Å². The molecule has 0 saturated carbocycles. The molecule has 18 heavy (non-hydrogen) atoms.